The minimum Gasteiger partial charge on any atom is -0.459 e. The zero-order valence-electron chi connectivity index (χ0n) is 14.1. The van der Waals surface area contributed by atoms with Crippen molar-refractivity contribution in [3.63, 3.8) is 0 Å². The van der Waals surface area contributed by atoms with E-state index in [1.54, 1.807) is 24.3 Å². The van der Waals surface area contributed by atoms with Crippen LogP contribution in [0.4, 0.5) is 5.00 Å². The minimum atomic E-state index is -0.320. The number of hydrogen-bond acceptors (Lipinski definition) is 4. The molecule has 2 rings (SSSR count). The van der Waals surface area contributed by atoms with E-state index >= 15 is 0 Å². The number of hydrogen-bond donors (Lipinski definition) is 2. The first kappa shape index (κ1) is 18.3. The molecule has 0 aliphatic heterocycles. The van der Waals surface area contributed by atoms with Gasteiger partial charge >= 0.3 is 0 Å². The predicted octanol–water partition coefficient (Wildman–Crippen LogP) is 4.54. The monoisotopic (exact) mass is 348 g/mol. The van der Waals surface area contributed by atoms with Crippen molar-refractivity contribution < 1.29 is 14.0 Å². The number of rotatable bonds is 9. The summed E-state index contributed by atoms with van der Waals surface area (Å²) in [4.78, 5) is 24.7. The summed E-state index contributed by atoms with van der Waals surface area (Å²) in [6.45, 7) is 5.02. The molecule has 6 heteroatoms. The van der Waals surface area contributed by atoms with Crippen LogP contribution < -0.4 is 10.6 Å². The molecule has 1 unspecified atom stereocenters. The summed E-state index contributed by atoms with van der Waals surface area (Å²) in [5, 5.41) is 6.35. The highest BCUT2D eigenvalue weighted by Gasteiger charge is 2.14. The lowest BCUT2D eigenvalue weighted by molar-refractivity contribution is 0.0948. The van der Waals surface area contributed by atoms with Gasteiger partial charge in [0.2, 0.25) is 0 Å². The number of carbonyl (C=O) groups is 2. The van der Waals surface area contributed by atoms with Crippen LogP contribution in [0.15, 0.2) is 34.9 Å². The number of nitrogens with one attached hydrogen (secondary N) is 2. The third kappa shape index (κ3) is 5.23. The second-order valence-electron chi connectivity index (χ2n) is 5.72. The molecule has 130 valence electrons. The van der Waals surface area contributed by atoms with Gasteiger partial charge in [-0.15, -0.1) is 11.3 Å². The zero-order chi connectivity index (χ0) is 17.4. The summed E-state index contributed by atoms with van der Waals surface area (Å²) in [6, 6.07) is 6.71. The molecular formula is C18H24N2O3S. The highest BCUT2D eigenvalue weighted by molar-refractivity contribution is 7.18. The first-order chi connectivity index (χ1) is 11.6. The van der Waals surface area contributed by atoms with Gasteiger partial charge in [0, 0.05) is 6.54 Å². The normalized spacial score (nSPS) is 11.9. The van der Waals surface area contributed by atoms with Crippen molar-refractivity contribution in [3.8, 4) is 0 Å². The quantitative estimate of drug-likeness (QED) is 0.699. The van der Waals surface area contributed by atoms with Crippen LogP contribution in [0.2, 0.25) is 0 Å². The van der Waals surface area contributed by atoms with Crippen molar-refractivity contribution in [3.05, 3.63) is 41.2 Å². The third-order valence-electron chi connectivity index (χ3n) is 3.91. The number of unbranched alkanes of at least 4 members (excludes halogenated alkanes) is 1. The van der Waals surface area contributed by atoms with E-state index in [1.165, 1.54) is 30.4 Å². The maximum atomic E-state index is 12.2. The SMILES string of the molecule is CCCCC(CC)CNC(=O)c1ccc(NC(=O)c2ccco2)s1. The summed E-state index contributed by atoms with van der Waals surface area (Å²) in [5.41, 5.74) is 0. The molecule has 2 aromatic heterocycles. The van der Waals surface area contributed by atoms with Crippen LogP contribution in [-0.2, 0) is 0 Å². The van der Waals surface area contributed by atoms with Gasteiger partial charge in [-0.25, -0.2) is 0 Å². The van der Waals surface area contributed by atoms with Gasteiger partial charge in [0.1, 0.15) is 0 Å². The lowest BCUT2D eigenvalue weighted by atomic mass is 9.99. The Hall–Kier alpha value is -2.08. The smallest absolute Gasteiger partial charge is 0.291 e. The van der Waals surface area contributed by atoms with Gasteiger partial charge in [0.25, 0.3) is 11.8 Å². The number of thiophene rings is 1. The molecule has 0 fully saturated rings. The number of amides is 2. The Morgan fingerprint density at radius 1 is 1.21 bits per heavy atom. The molecule has 2 heterocycles. The Morgan fingerprint density at radius 2 is 2.04 bits per heavy atom. The van der Waals surface area contributed by atoms with Crippen LogP contribution in [0.25, 0.3) is 0 Å². The van der Waals surface area contributed by atoms with Gasteiger partial charge in [-0.2, -0.15) is 0 Å². The number of carbonyl (C=O) groups excluding carboxylic acids is 2. The summed E-state index contributed by atoms with van der Waals surface area (Å²) >= 11 is 1.26. The standard InChI is InChI=1S/C18H24N2O3S/c1-3-5-7-13(4-2)12-19-18(22)15-9-10-16(24-15)20-17(21)14-8-6-11-23-14/h6,8-11,13H,3-5,7,12H2,1-2H3,(H,19,22)(H,20,21). The maximum Gasteiger partial charge on any atom is 0.291 e. The van der Waals surface area contributed by atoms with Crippen molar-refractivity contribution >= 4 is 28.2 Å². The summed E-state index contributed by atoms with van der Waals surface area (Å²) in [6.07, 6.45) is 6.02. The third-order valence-corrected chi connectivity index (χ3v) is 4.91. The van der Waals surface area contributed by atoms with Crippen LogP contribution in [0.3, 0.4) is 0 Å². The van der Waals surface area contributed by atoms with Gasteiger partial charge in [-0.1, -0.05) is 33.1 Å². The molecule has 2 aromatic rings. The minimum absolute atomic E-state index is 0.0894. The van der Waals surface area contributed by atoms with Crippen molar-refractivity contribution in [2.45, 2.75) is 39.5 Å². The van der Waals surface area contributed by atoms with Gasteiger partial charge in [0.15, 0.2) is 5.76 Å². The van der Waals surface area contributed by atoms with E-state index in [9.17, 15) is 9.59 Å². The molecular weight excluding hydrogens is 324 g/mol. The Balaban J connectivity index is 1.85. The molecule has 2 N–H and O–H groups in total. The van der Waals surface area contributed by atoms with E-state index in [0.717, 1.165) is 12.8 Å². The molecule has 0 radical (unpaired) electrons. The molecule has 0 saturated heterocycles. The van der Waals surface area contributed by atoms with Gasteiger partial charge in [-0.05, 0) is 36.6 Å². The lowest BCUT2D eigenvalue weighted by Crippen LogP contribution is -2.28. The molecule has 0 saturated carbocycles. The maximum absolute atomic E-state index is 12.2. The highest BCUT2D eigenvalue weighted by atomic mass is 32.1. The average molecular weight is 348 g/mol. The first-order valence-corrected chi connectivity index (χ1v) is 9.18. The van der Waals surface area contributed by atoms with Crippen molar-refractivity contribution in [1.82, 2.24) is 5.32 Å². The molecule has 0 aliphatic carbocycles. The van der Waals surface area contributed by atoms with E-state index in [1.807, 2.05) is 0 Å². The second-order valence-corrected chi connectivity index (χ2v) is 6.81. The van der Waals surface area contributed by atoms with Crippen molar-refractivity contribution in [2.75, 3.05) is 11.9 Å². The molecule has 2 amide bonds. The van der Waals surface area contributed by atoms with E-state index in [0.29, 0.717) is 22.3 Å². The number of anilines is 1. The fraction of sp³-hybridized carbons (Fsp3) is 0.444. The Kier molecular flexibility index (Phi) is 7.06. The molecule has 0 bridgehead atoms. The fourth-order valence-electron chi connectivity index (χ4n) is 2.38. The van der Waals surface area contributed by atoms with Gasteiger partial charge in [-0.3, -0.25) is 9.59 Å². The predicted molar refractivity (Wildman–Crippen MR) is 96.6 cm³/mol. The molecule has 5 nitrogen and oxygen atoms in total. The van der Waals surface area contributed by atoms with E-state index in [4.69, 9.17) is 4.42 Å². The highest BCUT2D eigenvalue weighted by Crippen LogP contribution is 2.23. The van der Waals surface area contributed by atoms with Gasteiger partial charge in [0.05, 0.1) is 16.1 Å². The van der Waals surface area contributed by atoms with Crippen molar-refractivity contribution in [2.24, 2.45) is 5.92 Å². The molecule has 24 heavy (non-hydrogen) atoms. The van der Waals surface area contributed by atoms with E-state index in [-0.39, 0.29) is 17.6 Å². The summed E-state index contributed by atoms with van der Waals surface area (Å²) in [7, 11) is 0. The topological polar surface area (TPSA) is 71.3 Å². The Labute approximate surface area is 146 Å². The van der Waals surface area contributed by atoms with Crippen LogP contribution in [0, 0.1) is 5.92 Å². The lowest BCUT2D eigenvalue weighted by Gasteiger charge is -2.14. The first-order valence-electron chi connectivity index (χ1n) is 8.36. The second kappa shape index (κ2) is 9.27. The van der Waals surface area contributed by atoms with Crippen LogP contribution in [0.5, 0.6) is 0 Å². The molecule has 1 atom stereocenters. The van der Waals surface area contributed by atoms with Crippen LogP contribution in [-0.4, -0.2) is 18.4 Å². The molecule has 0 aliphatic rings. The van der Waals surface area contributed by atoms with Crippen LogP contribution in [0.1, 0.15) is 59.8 Å². The summed E-state index contributed by atoms with van der Waals surface area (Å²) in [5.74, 6) is 0.357. The van der Waals surface area contributed by atoms with E-state index < -0.39 is 0 Å². The van der Waals surface area contributed by atoms with E-state index in [2.05, 4.69) is 24.5 Å². The van der Waals surface area contributed by atoms with Gasteiger partial charge < -0.3 is 15.1 Å². The largest absolute Gasteiger partial charge is 0.459 e. The van der Waals surface area contributed by atoms with Crippen molar-refractivity contribution in [1.29, 1.82) is 0 Å². The molecule has 0 aromatic carbocycles. The summed E-state index contributed by atoms with van der Waals surface area (Å²) < 4.78 is 5.04. The number of furan rings is 1. The average Bonchev–Trinajstić information content (AvgIpc) is 3.26. The zero-order valence-corrected chi connectivity index (χ0v) is 14.9. The Bertz CT molecular complexity index is 649. The fourth-order valence-corrected chi connectivity index (χ4v) is 3.19. The Morgan fingerprint density at radius 3 is 2.71 bits per heavy atom. The molecule has 0 spiro atoms. The van der Waals surface area contributed by atoms with Crippen LogP contribution >= 0.6 is 11.3 Å².